The maximum atomic E-state index is 13.5. The number of nitrogen functional groups attached to an aromatic ring is 1. The van der Waals surface area contributed by atoms with Gasteiger partial charge in [0, 0.05) is 23.3 Å². The normalized spacial score (nSPS) is 10.8. The van der Waals surface area contributed by atoms with Gasteiger partial charge in [-0.1, -0.05) is 18.2 Å². The molecule has 2 N–H and O–H groups in total. The topological polar surface area (TPSA) is 86.7 Å². The number of anilines is 1. The van der Waals surface area contributed by atoms with Crippen molar-refractivity contribution in [2.75, 3.05) is 5.73 Å². The molecule has 0 bridgehead atoms. The number of aromatic nitrogens is 4. The number of halogens is 2. The summed E-state index contributed by atoms with van der Waals surface area (Å²) >= 11 is 0. The van der Waals surface area contributed by atoms with Crippen LogP contribution >= 0.6 is 0 Å². The third-order valence-electron chi connectivity index (χ3n) is 4.27. The van der Waals surface area contributed by atoms with E-state index in [9.17, 15) is 13.6 Å². The van der Waals surface area contributed by atoms with Gasteiger partial charge in [0.2, 0.25) is 0 Å². The van der Waals surface area contributed by atoms with E-state index in [4.69, 9.17) is 5.73 Å². The number of hydrogen-bond acceptors (Lipinski definition) is 5. The van der Waals surface area contributed by atoms with Crippen molar-refractivity contribution in [1.29, 1.82) is 0 Å². The highest BCUT2D eigenvalue weighted by Crippen LogP contribution is 2.20. The molecule has 0 amide bonds. The smallest absolute Gasteiger partial charge is 0.267 e. The summed E-state index contributed by atoms with van der Waals surface area (Å²) < 4.78 is 28.3. The fourth-order valence-electron chi connectivity index (χ4n) is 2.92. The van der Waals surface area contributed by atoms with E-state index in [2.05, 4.69) is 15.3 Å². The molecule has 144 valence electrons. The maximum absolute atomic E-state index is 13.5. The van der Waals surface area contributed by atoms with Gasteiger partial charge in [-0.2, -0.15) is 5.10 Å². The van der Waals surface area contributed by atoms with Gasteiger partial charge in [-0.3, -0.25) is 4.79 Å². The summed E-state index contributed by atoms with van der Waals surface area (Å²) in [5.41, 5.74) is 8.04. The number of nitrogens with zero attached hydrogens (tertiary/aromatic N) is 4. The van der Waals surface area contributed by atoms with E-state index in [-0.39, 0.29) is 17.7 Å². The summed E-state index contributed by atoms with van der Waals surface area (Å²) in [6.07, 6.45) is 0. The zero-order valence-corrected chi connectivity index (χ0v) is 15.1. The quantitative estimate of drug-likeness (QED) is 0.577. The Hall–Kier alpha value is -3.94. The highest BCUT2D eigenvalue weighted by atomic mass is 19.1. The Balaban J connectivity index is 1.67. The fourth-order valence-corrected chi connectivity index (χ4v) is 2.92. The molecule has 0 aliphatic carbocycles. The van der Waals surface area contributed by atoms with E-state index < -0.39 is 11.6 Å². The Morgan fingerprint density at radius 1 is 0.828 bits per heavy atom. The van der Waals surface area contributed by atoms with Gasteiger partial charge in [0.05, 0.1) is 17.9 Å². The lowest BCUT2D eigenvalue weighted by Gasteiger charge is -2.09. The van der Waals surface area contributed by atoms with Gasteiger partial charge in [-0.05, 0) is 42.0 Å². The zero-order chi connectivity index (χ0) is 20.4. The van der Waals surface area contributed by atoms with Gasteiger partial charge in [0.25, 0.3) is 5.56 Å². The Bertz CT molecular complexity index is 1220. The first kappa shape index (κ1) is 18.4. The summed E-state index contributed by atoms with van der Waals surface area (Å²) in [5.74, 6) is -1.10. The lowest BCUT2D eigenvalue weighted by Crippen LogP contribution is -2.22. The predicted octanol–water partition coefficient (Wildman–Crippen LogP) is 3.28. The van der Waals surface area contributed by atoms with Gasteiger partial charge >= 0.3 is 0 Å². The minimum atomic E-state index is -0.711. The van der Waals surface area contributed by atoms with Crippen LogP contribution in [0.4, 0.5) is 14.6 Å². The molecule has 0 saturated heterocycles. The van der Waals surface area contributed by atoms with Crippen LogP contribution < -0.4 is 11.3 Å². The van der Waals surface area contributed by atoms with Crippen LogP contribution in [0.25, 0.3) is 22.5 Å². The highest BCUT2D eigenvalue weighted by Gasteiger charge is 2.08. The van der Waals surface area contributed by atoms with Crippen LogP contribution in [0.1, 0.15) is 5.56 Å². The second-order valence-corrected chi connectivity index (χ2v) is 6.42. The van der Waals surface area contributed by atoms with Crippen LogP contribution in [-0.2, 0) is 6.54 Å². The van der Waals surface area contributed by atoms with E-state index in [1.165, 1.54) is 28.9 Å². The molecule has 29 heavy (non-hydrogen) atoms. The Morgan fingerprint density at radius 2 is 1.59 bits per heavy atom. The molecule has 2 aromatic carbocycles. The molecule has 4 aromatic rings. The molecule has 0 unspecified atom stereocenters. The molecule has 2 heterocycles. The van der Waals surface area contributed by atoms with Crippen LogP contribution in [0.2, 0.25) is 0 Å². The number of hydrogen-bond donors (Lipinski definition) is 1. The lowest BCUT2D eigenvalue weighted by atomic mass is 10.1. The van der Waals surface area contributed by atoms with Crippen molar-refractivity contribution in [3.8, 4) is 22.5 Å². The molecule has 0 aliphatic rings. The minimum Gasteiger partial charge on any atom is -0.382 e. The van der Waals surface area contributed by atoms with Gasteiger partial charge < -0.3 is 5.73 Å². The number of rotatable bonds is 4. The zero-order valence-electron chi connectivity index (χ0n) is 15.1. The van der Waals surface area contributed by atoms with Crippen LogP contribution in [0.5, 0.6) is 0 Å². The maximum Gasteiger partial charge on any atom is 0.267 e. The standard InChI is InChI=1S/C21H15F2N5O/c22-16-9-15(10-17(23)11-16)19-5-7-21(29)28(27-19)12-13-2-1-3-14(8-13)18-4-6-20(24)26-25-18/h1-11H,12H2,(H2,24,26). The van der Waals surface area contributed by atoms with Crippen molar-refractivity contribution in [3.63, 3.8) is 0 Å². The summed E-state index contributed by atoms with van der Waals surface area (Å²) in [4.78, 5) is 12.2. The average molecular weight is 391 g/mol. The van der Waals surface area contributed by atoms with Crippen LogP contribution in [0, 0.1) is 11.6 Å². The van der Waals surface area contributed by atoms with E-state index in [0.29, 0.717) is 17.2 Å². The Labute approximate surface area is 164 Å². The molecule has 0 radical (unpaired) electrons. The van der Waals surface area contributed by atoms with Crippen LogP contribution in [-0.4, -0.2) is 20.0 Å². The molecule has 6 nitrogen and oxygen atoms in total. The summed E-state index contributed by atoms with van der Waals surface area (Å²) in [6, 6.07) is 16.7. The first-order chi connectivity index (χ1) is 14.0. The first-order valence-electron chi connectivity index (χ1n) is 8.71. The molecular formula is C21H15F2N5O. The molecule has 0 atom stereocenters. The monoisotopic (exact) mass is 391 g/mol. The molecule has 0 fully saturated rings. The average Bonchev–Trinajstić information content (AvgIpc) is 2.70. The molecule has 2 aromatic heterocycles. The molecule has 0 saturated carbocycles. The SMILES string of the molecule is Nc1ccc(-c2cccc(Cn3nc(-c4cc(F)cc(F)c4)ccc3=O)c2)nn1. The molecule has 8 heteroatoms. The largest absolute Gasteiger partial charge is 0.382 e. The van der Waals surface area contributed by atoms with Gasteiger partial charge in [-0.15, -0.1) is 10.2 Å². The van der Waals surface area contributed by atoms with E-state index in [0.717, 1.165) is 17.2 Å². The van der Waals surface area contributed by atoms with E-state index in [1.807, 2.05) is 24.3 Å². The molecule has 0 aliphatic heterocycles. The third kappa shape index (κ3) is 4.16. The summed E-state index contributed by atoms with van der Waals surface area (Å²) in [7, 11) is 0. The highest BCUT2D eigenvalue weighted by molar-refractivity contribution is 5.60. The van der Waals surface area contributed by atoms with Gasteiger partial charge in [-0.25, -0.2) is 13.5 Å². The van der Waals surface area contributed by atoms with Crippen molar-refractivity contribution in [2.24, 2.45) is 0 Å². The Kier molecular flexibility index (Phi) is 4.82. The third-order valence-corrected chi connectivity index (χ3v) is 4.27. The van der Waals surface area contributed by atoms with Crippen molar-refractivity contribution in [2.45, 2.75) is 6.54 Å². The molecular weight excluding hydrogens is 376 g/mol. The fraction of sp³-hybridized carbons (Fsp3) is 0.0476. The second kappa shape index (κ2) is 7.59. The summed E-state index contributed by atoms with van der Waals surface area (Å²) in [5, 5.41) is 12.2. The second-order valence-electron chi connectivity index (χ2n) is 6.42. The van der Waals surface area contributed by atoms with Crippen molar-refractivity contribution >= 4 is 5.82 Å². The van der Waals surface area contributed by atoms with Gasteiger partial charge in [0.1, 0.15) is 17.5 Å². The van der Waals surface area contributed by atoms with Crippen molar-refractivity contribution in [3.05, 3.63) is 94.3 Å². The molecule has 0 spiro atoms. The summed E-state index contributed by atoms with van der Waals surface area (Å²) in [6.45, 7) is 0.181. The van der Waals surface area contributed by atoms with Gasteiger partial charge in [0.15, 0.2) is 0 Å². The van der Waals surface area contributed by atoms with Crippen LogP contribution in [0.15, 0.2) is 71.5 Å². The lowest BCUT2D eigenvalue weighted by molar-refractivity contribution is 0.583. The van der Waals surface area contributed by atoms with Crippen molar-refractivity contribution in [1.82, 2.24) is 20.0 Å². The van der Waals surface area contributed by atoms with E-state index in [1.54, 1.807) is 12.1 Å². The number of nitrogens with two attached hydrogens (primary N) is 1. The Morgan fingerprint density at radius 3 is 2.31 bits per heavy atom. The number of benzene rings is 2. The minimum absolute atomic E-state index is 0.181. The van der Waals surface area contributed by atoms with E-state index >= 15 is 0 Å². The van der Waals surface area contributed by atoms with Crippen molar-refractivity contribution < 1.29 is 8.78 Å². The first-order valence-corrected chi connectivity index (χ1v) is 8.71. The predicted molar refractivity (Wildman–Crippen MR) is 105 cm³/mol. The molecule has 4 rings (SSSR count). The van der Waals surface area contributed by atoms with Crippen LogP contribution in [0.3, 0.4) is 0 Å².